The van der Waals surface area contributed by atoms with E-state index in [1.54, 1.807) is 41.0 Å². The molecule has 83 heavy (non-hydrogen) atoms. The summed E-state index contributed by atoms with van der Waals surface area (Å²) in [7, 11) is 0. The Labute approximate surface area is 464 Å². The molecule has 17 heteroatoms. The molecule has 0 spiro atoms. The quantitative estimate of drug-likeness (QED) is 0.135. The molecule has 9 aromatic carbocycles. The number of hydrogen-bond donors (Lipinski definition) is 0. The van der Waals surface area contributed by atoms with Gasteiger partial charge in [0.15, 0.2) is 11.6 Å². The molecule has 0 unspecified atom stereocenters. The second-order valence-electron chi connectivity index (χ2n) is 19.4. The minimum Gasteiger partial charge on any atom is -0.309 e. The highest BCUT2D eigenvalue weighted by molar-refractivity contribution is 6.12. The molecule has 12 rings (SSSR count). The zero-order valence-corrected chi connectivity index (χ0v) is 42.6. The van der Waals surface area contributed by atoms with Crippen molar-refractivity contribution in [3.63, 3.8) is 0 Å². The predicted octanol–water partition coefficient (Wildman–Crippen LogP) is 19.8. The molecule has 3 heterocycles. The highest BCUT2D eigenvalue weighted by Crippen LogP contribution is 2.47. The van der Waals surface area contributed by atoms with E-state index in [4.69, 9.17) is 19.9 Å². The number of alkyl halides is 12. The molecule has 0 saturated carbocycles. The summed E-state index contributed by atoms with van der Waals surface area (Å²) in [6.45, 7) is 0. The largest absolute Gasteiger partial charge is 0.417 e. The lowest BCUT2D eigenvalue weighted by Crippen LogP contribution is -2.12. The van der Waals surface area contributed by atoms with E-state index < -0.39 is 58.1 Å². The molecule has 5 nitrogen and oxygen atoms in total. The van der Waals surface area contributed by atoms with Crippen molar-refractivity contribution in [2.45, 2.75) is 24.7 Å². The average molecular weight is 1130 g/mol. The van der Waals surface area contributed by atoms with Crippen molar-refractivity contribution in [2.75, 3.05) is 0 Å². The standard InChI is InChI=1S/C66H37F12N5/c67-63(68,69)45-24-28-47(52(34-45)65(73,74)75)42-21-26-49-50-27-22-43(48-29-25-46(64(70,71)72)35-53(48)66(76,77)78)33-60(50)83(59(49)32-42)58-30-23-44(62-80-54(38-13-5-1-6-14-38)36-55(81-62)39-15-7-2-8-16-39)31-51(58)57-37-56(40-17-9-3-10-18-40)79-61(82-57)41-19-11-4-12-20-41/h1-37H. The van der Waals surface area contributed by atoms with Crippen molar-refractivity contribution < 1.29 is 52.7 Å². The van der Waals surface area contributed by atoms with E-state index in [0.717, 1.165) is 23.3 Å². The van der Waals surface area contributed by atoms with Gasteiger partial charge in [-0.3, -0.25) is 0 Å². The van der Waals surface area contributed by atoms with Crippen molar-refractivity contribution in [3.05, 3.63) is 247 Å². The van der Waals surface area contributed by atoms with Gasteiger partial charge in [0.2, 0.25) is 0 Å². The Bertz CT molecular complexity index is 4170. The smallest absolute Gasteiger partial charge is 0.309 e. The molecular weight excluding hydrogens is 1090 g/mol. The first-order valence-corrected chi connectivity index (χ1v) is 25.5. The molecule has 410 valence electrons. The highest BCUT2D eigenvalue weighted by atomic mass is 19.4. The van der Waals surface area contributed by atoms with Gasteiger partial charge in [0.1, 0.15) is 0 Å². The predicted molar refractivity (Wildman–Crippen MR) is 295 cm³/mol. The third kappa shape index (κ3) is 10.6. The Morgan fingerprint density at radius 2 is 0.627 bits per heavy atom. The third-order valence-electron chi connectivity index (χ3n) is 14.2. The fraction of sp³-hybridized carbons (Fsp3) is 0.0606. The molecule has 0 bridgehead atoms. The summed E-state index contributed by atoms with van der Waals surface area (Å²) in [5.74, 6) is 0.511. The maximum absolute atomic E-state index is 15.0. The van der Waals surface area contributed by atoms with Crippen LogP contribution in [0.5, 0.6) is 0 Å². The van der Waals surface area contributed by atoms with Crippen molar-refractivity contribution in [1.29, 1.82) is 0 Å². The van der Waals surface area contributed by atoms with Crippen LogP contribution in [-0.4, -0.2) is 24.5 Å². The number of halogens is 12. The molecule has 3 aromatic heterocycles. The number of nitrogens with zero attached hydrogens (tertiary/aromatic N) is 5. The molecule has 0 fully saturated rings. The molecule has 0 aliphatic carbocycles. The van der Waals surface area contributed by atoms with E-state index in [0.29, 0.717) is 62.2 Å². The summed E-state index contributed by atoms with van der Waals surface area (Å²) in [5, 5.41) is 0.664. The van der Waals surface area contributed by atoms with Crippen LogP contribution in [0.2, 0.25) is 0 Å². The van der Waals surface area contributed by atoms with Crippen LogP contribution >= 0.6 is 0 Å². The van der Waals surface area contributed by atoms with Gasteiger partial charge in [0, 0.05) is 44.2 Å². The zero-order valence-electron chi connectivity index (χ0n) is 42.6. The van der Waals surface area contributed by atoms with Gasteiger partial charge >= 0.3 is 24.7 Å². The number of fused-ring (bicyclic) bond motifs is 3. The van der Waals surface area contributed by atoms with Gasteiger partial charge in [0.25, 0.3) is 0 Å². The number of benzene rings is 9. The molecular formula is C66H37F12N5. The summed E-state index contributed by atoms with van der Waals surface area (Å²) in [6, 6.07) is 56.4. The maximum Gasteiger partial charge on any atom is 0.417 e. The van der Waals surface area contributed by atoms with Crippen LogP contribution in [0.15, 0.2) is 224 Å². The Balaban J connectivity index is 1.20. The average Bonchev–Trinajstić information content (AvgIpc) is 2.88. The van der Waals surface area contributed by atoms with Crippen molar-refractivity contribution >= 4 is 21.8 Å². The van der Waals surface area contributed by atoms with Crippen molar-refractivity contribution in [3.8, 4) is 95.7 Å². The summed E-state index contributed by atoms with van der Waals surface area (Å²) in [4.78, 5) is 20.3. The monoisotopic (exact) mass is 1130 g/mol. The Kier molecular flexibility index (Phi) is 13.3. The van der Waals surface area contributed by atoms with E-state index in [-0.39, 0.29) is 57.3 Å². The van der Waals surface area contributed by atoms with Crippen LogP contribution in [0.25, 0.3) is 118 Å². The molecule has 0 aliphatic rings. The summed E-state index contributed by atoms with van der Waals surface area (Å²) in [5.41, 5.74) is -1.92. The number of hydrogen-bond acceptors (Lipinski definition) is 4. The van der Waals surface area contributed by atoms with Crippen LogP contribution in [-0.2, 0) is 24.7 Å². The first-order chi connectivity index (χ1) is 39.7. The molecule has 0 radical (unpaired) electrons. The molecule has 0 N–H and O–H groups in total. The molecule has 0 amide bonds. The van der Waals surface area contributed by atoms with Crippen molar-refractivity contribution in [1.82, 2.24) is 24.5 Å². The van der Waals surface area contributed by atoms with Gasteiger partial charge < -0.3 is 4.57 Å². The minimum atomic E-state index is -5.28. The fourth-order valence-corrected chi connectivity index (χ4v) is 10.3. The number of rotatable bonds is 9. The lowest BCUT2D eigenvalue weighted by Gasteiger charge is -2.19. The Morgan fingerprint density at radius 1 is 0.265 bits per heavy atom. The van der Waals surface area contributed by atoms with Gasteiger partial charge in [0.05, 0.1) is 61.8 Å². The summed E-state index contributed by atoms with van der Waals surface area (Å²) in [6.07, 6.45) is -20.8. The van der Waals surface area contributed by atoms with Gasteiger partial charge in [-0.05, 0) is 89.0 Å². The van der Waals surface area contributed by atoms with E-state index in [9.17, 15) is 52.7 Å². The highest BCUT2D eigenvalue weighted by Gasteiger charge is 2.40. The second-order valence-corrected chi connectivity index (χ2v) is 19.4. The lowest BCUT2D eigenvalue weighted by atomic mass is 9.95. The third-order valence-corrected chi connectivity index (χ3v) is 14.2. The summed E-state index contributed by atoms with van der Waals surface area (Å²) >= 11 is 0. The molecule has 0 aliphatic heterocycles. The SMILES string of the molecule is FC(F)(F)c1ccc(-c2ccc3c4ccc(-c5ccc(C(F)(F)F)cc5C(F)(F)F)cc4n(-c4ccc(-c5nc(-c6ccccc6)cc(-c6ccccc6)n5)cc4-c4cc(-c5ccccc5)nc(-c5ccccc5)n4)c3c2)c(C(F)(F)F)c1. The Morgan fingerprint density at radius 3 is 1.02 bits per heavy atom. The lowest BCUT2D eigenvalue weighted by molar-refractivity contribution is -0.144. The van der Waals surface area contributed by atoms with Crippen LogP contribution in [0, 0.1) is 0 Å². The van der Waals surface area contributed by atoms with Gasteiger partial charge in [-0.15, -0.1) is 0 Å². The normalized spacial score (nSPS) is 12.3. The van der Waals surface area contributed by atoms with Crippen molar-refractivity contribution in [2.24, 2.45) is 0 Å². The van der Waals surface area contributed by atoms with E-state index in [1.165, 1.54) is 36.4 Å². The van der Waals surface area contributed by atoms with E-state index >= 15 is 0 Å². The van der Waals surface area contributed by atoms with Crippen LogP contribution in [0.3, 0.4) is 0 Å². The fourth-order valence-electron chi connectivity index (χ4n) is 10.3. The minimum absolute atomic E-state index is 0.0301. The van der Waals surface area contributed by atoms with Crippen LogP contribution < -0.4 is 0 Å². The molecule has 12 aromatic rings. The van der Waals surface area contributed by atoms with Crippen LogP contribution in [0.4, 0.5) is 52.7 Å². The Hall–Kier alpha value is -9.90. The van der Waals surface area contributed by atoms with Crippen LogP contribution in [0.1, 0.15) is 22.3 Å². The first-order valence-electron chi connectivity index (χ1n) is 25.5. The molecule has 0 atom stereocenters. The number of aromatic nitrogens is 5. The molecule has 0 saturated heterocycles. The topological polar surface area (TPSA) is 56.5 Å². The maximum atomic E-state index is 15.0. The second kappa shape index (κ2) is 20.6. The van der Waals surface area contributed by atoms with Gasteiger partial charge in [-0.2, -0.15) is 52.7 Å². The van der Waals surface area contributed by atoms with Gasteiger partial charge in [-0.25, -0.2) is 19.9 Å². The zero-order chi connectivity index (χ0) is 58.0. The summed E-state index contributed by atoms with van der Waals surface area (Å²) < 4.78 is 176. The first kappa shape index (κ1) is 53.7. The van der Waals surface area contributed by atoms with E-state index in [1.807, 2.05) is 115 Å². The van der Waals surface area contributed by atoms with E-state index in [2.05, 4.69) is 0 Å². The van der Waals surface area contributed by atoms with Gasteiger partial charge in [-0.1, -0.05) is 158 Å².